The molecule has 106 valence electrons. The van der Waals surface area contributed by atoms with E-state index >= 15 is 0 Å². The molecule has 2 amide bonds. The first-order chi connectivity index (χ1) is 9.60. The SMILES string of the molecule is CCC(=O)NCCc1nc(-c2nc(C(N)=O)cs2)cs1. The van der Waals surface area contributed by atoms with Gasteiger partial charge in [-0.2, -0.15) is 0 Å². The predicted molar refractivity (Wildman–Crippen MR) is 78.7 cm³/mol. The Kier molecular flexibility index (Phi) is 4.80. The molecule has 0 aromatic carbocycles. The van der Waals surface area contributed by atoms with Crippen molar-refractivity contribution >= 4 is 34.5 Å². The van der Waals surface area contributed by atoms with Gasteiger partial charge in [0.05, 0.1) is 5.01 Å². The Morgan fingerprint density at radius 2 is 2.10 bits per heavy atom. The molecule has 8 heteroatoms. The molecule has 0 saturated carbocycles. The molecule has 0 aliphatic heterocycles. The van der Waals surface area contributed by atoms with E-state index in [0.717, 1.165) is 10.7 Å². The van der Waals surface area contributed by atoms with Crippen LogP contribution in [-0.4, -0.2) is 28.3 Å². The number of thiazole rings is 2. The van der Waals surface area contributed by atoms with Gasteiger partial charge in [0.1, 0.15) is 16.4 Å². The van der Waals surface area contributed by atoms with Crippen LogP contribution in [0.1, 0.15) is 28.8 Å². The van der Waals surface area contributed by atoms with Crippen molar-refractivity contribution in [2.45, 2.75) is 19.8 Å². The lowest BCUT2D eigenvalue weighted by atomic mass is 10.4. The standard InChI is InChI=1S/C12H14N4O2S2/c1-2-9(17)14-4-3-10-15-8(6-19-10)12-16-7(5-20-12)11(13)18/h5-6H,2-4H2,1H3,(H2,13,18)(H,14,17). The Bertz CT molecular complexity index is 621. The zero-order valence-corrected chi connectivity index (χ0v) is 12.5. The van der Waals surface area contributed by atoms with Crippen LogP contribution in [0.2, 0.25) is 0 Å². The van der Waals surface area contributed by atoms with Crippen LogP contribution in [0.3, 0.4) is 0 Å². The Labute approximate surface area is 124 Å². The minimum absolute atomic E-state index is 0.0350. The van der Waals surface area contributed by atoms with Gasteiger partial charge in [-0.1, -0.05) is 6.92 Å². The van der Waals surface area contributed by atoms with Crippen molar-refractivity contribution in [2.24, 2.45) is 5.73 Å². The van der Waals surface area contributed by atoms with Gasteiger partial charge in [0.2, 0.25) is 5.91 Å². The Hall–Kier alpha value is -1.80. The molecule has 2 aromatic heterocycles. The molecule has 0 aliphatic rings. The van der Waals surface area contributed by atoms with Crippen molar-refractivity contribution < 1.29 is 9.59 Å². The number of carbonyl (C=O) groups excluding carboxylic acids is 2. The van der Waals surface area contributed by atoms with Gasteiger partial charge in [-0.15, -0.1) is 22.7 Å². The van der Waals surface area contributed by atoms with E-state index in [-0.39, 0.29) is 11.6 Å². The molecule has 2 aromatic rings. The number of nitrogens with two attached hydrogens (primary N) is 1. The maximum absolute atomic E-state index is 11.1. The third-order valence-electron chi connectivity index (χ3n) is 2.51. The highest BCUT2D eigenvalue weighted by Crippen LogP contribution is 2.25. The molecule has 0 saturated heterocycles. The Morgan fingerprint density at radius 3 is 2.75 bits per heavy atom. The van der Waals surface area contributed by atoms with Gasteiger partial charge in [0.15, 0.2) is 0 Å². The first kappa shape index (κ1) is 14.6. The van der Waals surface area contributed by atoms with Crippen LogP contribution < -0.4 is 11.1 Å². The number of nitrogens with zero attached hydrogens (tertiary/aromatic N) is 2. The summed E-state index contributed by atoms with van der Waals surface area (Å²) in [4.78, 5) is 30.7. The summed E-state index contributed by atoms with van der Waals surface area (Å²) >= 11 is 2.85. The van der Waals surface area contributed by atoms with Gasteiger partial charge >= 0.3 is 0 Å². The van der Waals surface area contributed by atoms with Gasteiger partial charge in [0.25, 0.3) is 5.91 Å². The molecule has 2 heterocycles. The summed E-state index contributed by atoms with van der Waals surface area (Å²) in [5.41, 5.74) is 6.16. The van der Waals surface area contributed by atoms with E-state index in [2.05, 4.69) is 15.3 Å². The molecule has 0 fully saturated rings. The first-order valence-corrected chi connectivity index (χ1v) is 7.83. The molecule has 0 aliphatic carbocycles. The molecule has 0 radical (unpaired) electrons. The molecular formula is C12H14N4O2S2. The lowest BCUT2D eigenvalue weighted by Crippen LogP contribution is -2.24. The van der Waals surface area contributed by atoms with Crippen molar-refractivity contribution in [3.8, 4) is 10.7 Å². The topological polar surface area (TPSA) is 98.0 Å². The average molecular weight is 310 g/mol. The van der Waals surface area contributed by atoms with Crippen molar-refractivity contribution in [3.05, 3.63) is 21.5 Å². The third-order valence-corrected chi connectivity index (χ3v) is 4.28. The minimum atomic E-state index is -0.537. The lowest BCUT2D eigenvalue weighted by Gasteiger charge is -2.00. The number of rotatable bonds is 6. The molecule has 2 rings (SSSR count). The fourth-order valence-electron chi connectivity index (χ4n) is 1.46. The van der Waals surface area contributed by atoms with Gasteiger partial charge in [0, 0.05) is 30.1 Å². The van der Waals surface area contributed by atoms with Crippen LogP contribution in [0, 0.1) is 0 Å². The van der Waals surface area contributed by atoms with Gasteiger partial charge < -0.3 is 11.1 Å². The van der Waals surface area contributed by atoms with E-state index in [0.29, 0.717) is 24.4 Å². The minimum Gasteiger partial charge on any atom is -0.364 e. The quantitative estimate of drug-likeness (QED) is 0.843. The van der Waals surface area contributed by atoms with Crippen LogP contribution in [0.15, 0.2) is 10.8 Å². The maximum atomic E-state index is 11.1. The average Bonchev–Trinajstić information content (AvgIpc) is 3.06. The van der Waals surface area contributed by atoms with Crippen molar-refractivity contribution in [1.82, 2.24) is 15.3 Å². The van der Waals surface area contributed by atoms with E-state index in [1.807, 2.05) is 12.3 Å². The van der Waals surface area contributed by atoms with E-state index in [1.54, 1.807) is 5.38 Å². The molecule has 0 bridgehead atoms. The molecule has 20 heavy (non-hydrogen) atoms. The van der Waals surface area contributed by atoms with Gasteiger partial charge in [-0.05, 0) is 0 Å². The second-order valence-corrected chi connectivity index (χ2v) is 5.78. The van der Waals surface area contributed by atoms with Gasteiger partial charge in [-0.25, -0.2) is 9.97 Å². The first-order valence-electron chi connectivity index (χ1n) is 6.07. The highest BCUT2D eigenvalue weighted by molar-refractivity contribution is 7.14. The third kappa shape index (κ3) is 3.61. The molecular weight excluding hydrogens is 296 g/mol. The summed E-state index contributed by atoms with van der Waals surface area (Å²) in [5, 5.41) is 7.92. The van der Waals surface area contributed by atoms with Crippen LogP contribution >= 0.6 is 22.7 Å². The fraction of sp³-hybridized carbons (Fsp3) is 0.333. The molecule has 0 atom stereocenters. The predicted octanol–water partition coefficient (Wildman–Crippen LogP) is 1.43. The summed E-state index contributed by atoms with van der Waals surface area (Å²) in [7, 11) is 0. The van der Waals surface area contributed by atoms with E-state index in [1.165, 1.54) is 22.7 Å². The zero-order chi connectivity index (χ0) is 14.5. The molecule has 3 N–H and O–H groups in total. The smallest absolute Gasteiger partial charge is 0.268 e. The lowest BCUT2D eigenvalue weighted by molar-refractivity contribution is -0.120. The number of carbonyl (C=O) groups is 2. The van der Waals surface area contributed by atoms with Crippen LogP contribution in [0.5, 0.6) is 0 Å². The van der Waals surface area contributed by atoms with E-state index < -0.39 is 5.91 Å². The summed E-state index contributed by atoms with van der Waals surface area (Å²) < 4.78 is 0. The number of aromatic nitrogens is 2. The molecule has 6 nitrogen and oxygen atoms in total. The normalized spacial score (nSPS) is 10.4. The van der Waals surface area contributed by atoms with Crippen LogP contribution in [0.4, 0.5) is 0 Å². The van der Waals surface area contributed by atoms with E-state index in [4.69, 9.17) is 5.73 Å². The maximum Gasteiger partial charge on any atom is 0.268 e. The largest absolute Gasteiger partial charge is 0.364 e. The summed E-state index contributed by atoms with van der Waals surface area (Å²) in [6.07, 6.45) is 1.17. The monoisotopic (exact) mass is 310 g/mol. The molecule has 0 unspecified atom stereocenters. The number of nitrogens with one attached hydrogen (secondary N) is 1. The second-order valence-electron chi connectivity index (χ2n) is 3.98. The summed E-state index contributed by atoms with van der Waals surface area (Å²) in [5.74, 6) is -0.502. The van der Waals surface area contributed by atoms with Crippen molar-refractivity contribution in [1.29, 1.82) is 0 Å². The highest BCUT2D eigenvalue weighted by atomic mass is 32.1. The van der Waals surface area contributed by atoms with Crippen LogP contribution in [-0.2, 0) is 11.2 Å². The Morgan fingerprint density at radius 1 is 1.30 bits per heavy atom. The zero-order valence-electron chi connectivity index (χ0n) is 10.9. The molecule has 0 spiro atoms. The van der Waals surface area contributed by atoms with Crippen molar-refractivity contribution in [3.63, 3.8) is 0 Å². The fourth-order valence-corrected chi connectivity index (χ4v) is 3.09. The Balaban J connectivity index is 1.97. The number of hydrogen-bond acceptors (Lipinski definition) is 6. The number of primary amides is 1. The van der Waals surface area contributed by atoms with E-state index in [9.17, 15) is 9.59 Å². The second kappa shape index (κ2) is 6.58. The number of amides is 2. The summed E-state index contributed by atoms with van der Waals surface area (Å²) in [6, 6.07) is 0. The van der Waals surface area contributed by atoms with Gasteiger partial charge in [-0.3, -0.25) is 9.59 Å². The number of hydrogen-bond donors (Lipinski definition) is 2. The summed E-state index contributed by atoms with van der Waals surface area (Å²) in [6.45, 7) is 2.39. The van der Waals surface area contributed by atoms with Crippen LogP contribution in [0.25, 0.3) is 10.7 Å². The highest BCUT2D eigenvalue weighted by Gasteiger charge is 2.11. The van der Waals surface area contributed by atoms with Crippen molar-refractivity contribution in [2.75, 3.05) is 6.54 Å².